The molecule has 2 aromatic rings. The van der Waals surface area contributed by atoms with E-state index < -0.39 is 0 Å². The summed E-state index contributed by atoms with van der Waals surface area (Å²) < 4.78 is 0. The van der Waals surface area contributed by atoms with Crippen molar-refractivity contribution in [2.75, 3.05) is 45.2 Å². The minimum Gasteiger partial charge on any atom is -0.352 e. The maximum Gasteiger partial charge on any atom is 0.222 e. The molecule has 0 aromatic carbocycles. The van der Waals surface area contributed by atoms with Gasteiger partial charge in [-0.2, -0.15) is 0 Å². The lowest BCUT2D eigenvalue weighted by molar-refractivity contribution is -0.131. The summed E-state index contributed by atoms with van der Waals surface area (Å²) in [7, 11) is 4.13. The van der Waals surface area contributed by atoms with Crippen molar-refractivity contribution in [3.8, 4) is 0 Å². The van der Waals surface area contributed by atoms with Crippen LogP contribution in [0.1, 0.15) is 68.1 Å². The van der Waals surface area contributed by atoms with Crippen molar-refractivity contribution in [1.29, 1.82) is 0 Å². The summed E-state index contributed by atoms with van der Waals surface area (Å²) in [6.07, 6.45) is 10.2. The third-order valence-electron chi connectivity index (χ3n) is 6.48. The second-order valence-electron chi connectivity index (χ2n) is 9.27. The first-order chi connectivity index (χ1) is 15.1. The number of carbonyl (C=O) groups excluding carboxylic acids is 1. The van der Waals surface area contributed by atoms with Gasteiger partial charge in [-0.1, -0.05) is 26.2 Å². The van der Waals surface area contributed by atoms with Gasteiger partial charge < -0.3 is 14.7 Å². The van der Waals surface area contributed by atoms with Gasteiger partial charge in [0.25, 0.3) is 0 Å². The van der Waals surface area contributed by atoms with Crippen LogP contribution in [0.5, 0.6) is 0 Å². The molecule has 6 nitrogen and oxygen atoms in total. The molecule has 0 bridgehead atoms. The Bertz CT molecular complexity index is 901. The van der Waals surface area contributed by atoms with Gasteiger partial charge in [0, 0.05) is 37.5 Å². The summed E-state index contributed by atoms with van der Waals surface area (Å²) in [5, 5.41) is 1.29. The van der Waals surface area contributed by atoms with Crippen molar-refractivity contribution in [3.63, 3.8) is 0 Å². The van der Waals surface area contributed by atoms with Gasteiger partial charge in [-0.15, -0.1) is 11.3 Å². The van der Waals surface area contributed by atoms with Crippen molar-refractivity contribution in [1.82, 2.24) is 19.8 Å². The fraction of sp³-hybridized carbons (Fsp3) is 0.708. The molecule has 1 aliphatic carbocycles. The molecule has 0 unspecified atom stereocenters. The van der Waals surface area contributed by atoms with E-state index in [1.54, 1.807) is 0 Å². The minimum absolute atomic E-state index is 0.324. The fourth-order valence-corrected chi connectivity index (χ4v) is 6.07. The summed E-state index contributed by atoms with van der Waals surface area (Å²) in [4.78, 5) is 31.9. The van der Waals surface area contributed by atoms with Crippen molar-refractivity contribution in [2.24, 2.45) is 0 Å². The Morgan fingerprint density at radius 3 is 2.55 bits per heavy atom. The summed E-state index contributed by atoms with van der Waals surface area (Å²) >= 11 is 1.88. The van der Waals surface area contributed by atoms with Crippen LogP contribution >= 0.6 is 11.3 Å². The Morgan fingerprint density at radius 2 is 1.81 bits per heavy atom. The van der Waals surface area contributed by atoms with Crippen LogP contribution < -0.4 is 4.90 Å². The molecule has 0 N–H and O–H groups in total. The zero-order valence-electron chi connectivity index (χ0n) is 19.5. The van der Waals surface area contributed by atoms with Gasteiger partial charge in [-0.25, -0.2) is 9.97 Å². The number of thiophene rings is 1. The number of nitrogens with zero attached hydrogens (tertiary/aromatic N) is 5. The normalized spacial score (nSPS) is 16.9. The molecule has 0 atom stereocenters. The molecule has 3 heterocycles. The molecule has 0 saturated carbocycles. The number of aromatic nitrogens is 2. The maximum absolute atomic E-state index is 12.6. The zero-order chi connectivity index (χ0) is 21.8. The highest BCUT2D eigenvalue weighted by atomic mass is 32.1. The number of unbranched alkanes of at least 4 members (excludes halogenated alkanes) is 3. The lowest BCUT2D eigenvalue weighted by Gasteiger charge is -2.36. The van der Waals surface area contributed by atoms with Crippen LogP contribution in [-0.4, -0.2) is 65.9 Å². The smallest absolute Gasteiger partial charge is 0.222 e. The molecule has 2 aliphatic rings. The van der Waals surface area contributed by atoms with Gasteiger partial charge in [-0.3, -0.25) is 4.79 Å². The predicted molar refractivity (Wildman–Crippen MR) is 129 cm³/mol. The molecule has 1 saturated heterocycles. The summed E-state index contributed by atoms with van der Waals surface area (Å²) in [6, 6.07) is 0. The third kappa shape index (κ3) is 5.20. The van der Waals surface area contributed by atoms with Crippen LogP contribution in [0.4, 0.5) is 5.82 Å². The van der Waals surface area contributed by atoms with Crippen LogP contribution in [0.25, 0.3) is 10.2 Å². The van der Waals surface area contributed by atoms with Gasteiger partial charge in [0.2, 0.25) is 5.91 Å². The summed E-state index contributed by atoms with van der Waals surface area (Å²) in [5.74, 6) is 2.33. The number of piperazine rings is 1. The first-order valence-corrected chi connectivity index (χ1v) is 12.9. The molecule has 1 aliphatic heterocycles. The number of aryl methyl sites for hydroxylation is 2. The SMILES string of the molecule is CCCCCCC(=O)N1CCN(c2nc(CN(C)C)nc3sc4c(c23)CCCC4)CC1. The third-order valence-corrected chi connectivity index (χ3v) is 7.66. The first kappa shape index (κ1) is 22.5. The molecule has 1 amide bonds. The molecule has 170 valence electrons. The van der Waals surface area contributed by atoms with Crippen molar-refractivity contribution in [2.45, 2.75) is 71.3 Å². The largest absolute Gasteiger partial charge is 0.352 e. The zero-order valence-corrected chi connectivity index (χ0v) is 20.3. The van der Waals surface area contributed by atoms with E-state index >= 15 is 0 Å². The second kappa shape index (κ2) is 10.3. The number of hydrogen-bond acceptors (Lipinski definition) is 6. The van der Waals surface area contributed by atoms with Crippen LogP contribution in [0, 0.1) is 0 Å². The van der Waals surface area contributed by atoms with Crippen LogP contribution in [0.2, 0.25) is 0 Å². The van der Waals surface area contributed by atoms with Gasteiger partial charge >= 0.3 is 0 Å². The average molecular weight is 444 g/mol. The quantitative estimate of drug-likeness (QED) is 0.571. The van der Waals surface area contributed by atoms with E-state index in [-0.39, 0.29) is 0 Å². The van der Waals surface area contributed by atoms with Crippen LogP contribution in [-0.2, 0) is 24.2 Å². The number of amides is 1. The van der Waals surface area contributed by atoms with Gasteiger partial charge in [0.05, 0.1) is 11.9 Å². The van der Waals surface area contributed by atoms with Crippen LogP contribution in [0.15, 0.2) is 0 Å². The molecule has 0 spiro atoms. The first-order valence-electron chi connectivity index (χ1n) is 12.1. The van der Waals surface area contributed by atoms with E-state index in [2.05, 4.69) is 35.7 Å². The predicted octanol–water partition coefficient (Wildman–Crippen LogP) is 4.25. The number of hydrogen-bond donors (Lipinski definition) is 0. The fourth-order valence-electron chi connectivity index (χ4n) is 4.79. The van der Waals surface area contributed by atoms with Gasteiger partial charge in [0.1, 0.15) is 16.5 Å². The van der Waals surface area contributed by atoms with E-state index in [0.717, 1.165) is 62.0 Å². The maximum atomic E-state index is 12.6. The molecule has 4 rings (SSSR count). The molecule has 31 heavy (non-hydrogen) atoms. The van der Waals surface area contributed by atoms with Crippen LogP contribution in [0.3, 0.4) is 0 Å². The summed E-state index contributed by atoms with van der Waals surface area (Å²) in [6.45, 7) is 6.28. The van der Waals surface area contributed by atoms with E-state index in [1.807, 2.05) is 11.3 Å². The Balaban J connectivity index is 1.52. The lowest BCUT2D eigenvalue weighted by Crippen LogP contribution is -2.49. The van der Waals surface area contributed by atoms with Gasteiger partial charge in [0.15, 0.2) is 0 Å². The van der Waals surface area contributed by atoms with Gasteiger partial charge in [-0.05, 0) is 51.8 Å². The highest BCUT2D eigenvalue weighted by molar-refractivity contribution is 7.19. The number of fused-ring (bicyclic) bond motifs is 3. The number of anilines is 1. The van der Waals surface area contributed by atoms with Crippen molar-refractivity contribution in [3.05, 3.63) is 16.3 Å². The standard InChI is InChI=1S/C24H37N5OS/c1-4-5-6-7-12-21(30)28-13-15-29(16-14-28)23-22-18-10-8-9-11-19(18)31-24(22)26-20(25-23)17-27(2)3/h4-17H2,1-3H3. The monoisotopic (exact) mass is 443 g/mol. The minimum atomic E-state index is 0.324. The molecule has 7 heteroatoms. The Kier molecular flexibility index (Phi) is 7.43. The van der Waals surface area contributed by atoms with E-state index in [9.17, 15) is 4.79 Å². The van der Waals surface area contributed by atoms with E-state index in [1.165, 1.54) is 54.4 Å². The molecular formula is C24H37N5OS. The molecule has 1 fully saturated rings. The average Bonchev–Trinajstić information content (AvgIpc) is 3.14. The Labute approximate surface area is 190 Å². The number of carbonyl (C=O) groups is 1. The molecular weight excluding hydrogens is 406 g/mol. The number of rotatable bonds is 8. The lowest BCUT2D eigenvalue weighted by atomic mass is 9.97. The van der Waals surface area contributed by atoms with Crippen molar-refractivity contribution >= 4 is 33.3 Å². The van der Waals surface area contributed by atoms with E-state index in [4.69, 9.17) is 9.97 Å². The topological polar surface area (TPSA) is 52.6 Å². The summed E-state index contributed by atoms with van der Waals surface area (Å²) in [5.41, 5.74) is 1.49. The van der Waals surface area contributed by atoms with Crippen molar-refractivity contribution < 1.29 is 4.79 Å². The highest BCUT2D eigenvalue weighted by Crippen LogP contribution is 2.40. The molecule has 2 aromatic heterocycles. The van der Waals surface area contributed by atoms with E-state index in [0.29, 0.717) is 12.3 Å². The second-order valence-corrected chi connectivity index (χ2v) is 10.4. The highest BCUT2D eigenvalue weighted by Gasteiger charge is 2.27. The Morgan fingerprint density at radius 1 is 1.03 bits per heavy atom. The molecule has 0 radical (unpaired) electrons. The Hall–Kier alpha value is -1.73.